The minimum Gasteiger partial charge on any atom is -0.466 e. The second-order valence-corrected chi connectivity index (χ2v) is 10.1. The Labute approximate surface area is 219 Å². The van der Waals surface area contributed by atoms with E-state index in [2.05, 4.69) is 13.0 Å². The SMILES string of the molecule is CCCCC(=O)N(Cc1ccc2oc(-c3ccccc3C#N)cc2c1)CC1(C(=O)OCC)CCCCC1. The van der Waals surface area contributed by atoms with Crippen molar-refractivity contribution in [1.82, 2.24) is 4.90 Å². The smallest absolute Gasteiger partial charge is 0.313 e. The Bertz CT molecular complexity index is 1280. The Morgan fingerprint density at radius 1 is 1.08 bits per heavy atom. The first kappa shape index (κ1) is 26.5. The lowest BCUT2D eigenvalue weighted by Gasteiger charge is -2.39. The van der Waals surface area contributed by atoms with Crippen LogP contribution in [0.4, 0.5) is 0 Å². The minimum atomic E-state index is -0.635. The Kier molecular flexibility index (Phi) is 8.66. The summed E-state index contributed by atoms with van der Waals surface area (Å²) in [7, 11) is 0. The zero-order valence-electron chi connectivity index (χ0n) is 21.9. The highest BCUT2D eigenvalue weighted by Crippen LogP contribution is 2.39. The van der Waals surface area contributed by atoms with Gasteiger partial charge in [-0.1, -0.05) is 50.8 Å². The molecule has 0 N–H and O–H groups in total. The number of hydrogen-bond acceptors (Lipinski definition) is 5. The number of ether oxygens (including phenoxy) is 1. The summed E-state index contributed by atoms with van der Waals surface area (Å²) in [5.41, 5.74) is 2.39. The van der Waals surface area contributed by atoms with Gasteiger partial charge in [-0.05, 0) is 62.1 Å². The van der Waals surface area contributed by atoms with Crippen LogP contribution in [0.5, 0.6) is 0 Å². The van der Waals surface area contributed by atoms with E-state index >= 15 is 0 Å². The molecule has 2 aromatic carbocycles. The largest absolute Gasteiger partial charge is 0.466 e. The number of rotatable bonds is 10. The number of hydrogen-bond donors (Lipinski definition) is 0. The van der Waals surface area contributed by atoms with Crippen LogP contribution in [0.3, 0.4) is 0 Å². The van der Waals surface area contributed by atoms with E-state index < -0.39 is 5.41 Å². The van der Waals surface area contributed by atoms with E-state index in [0.29, 0.717) is 37.4 Å². The van der Waals surface area contributed by atoms with E-state index in [1.54, 1.807) is 6.07 Å². The summed E-state index contributed by atoms with van der Waals surface area (Å²) in [6.07, 6.45) is 6.81. The number of benzene rings is 2. The molecule has 1 saturated carbocycles. The first-order chi connectivity index (χ1) is 18.0. The summed E-state index contributed by atoms with van der Waals surface area (Å²) >= 11 is 0. The molecular formula is C31H36N2O4. The van der Waals surface area contributed by atoms with E-state index in [1.165, 1.54) is 0 Å². The van der Waals surface area contributed by atoms with Crippen molar-refractivity contribution in [3.8, 4) is 17.4 Å². The van der Waals surface area contributed by atoms with Crippen molar-refractivity contribution in [3.63, 3.8) is 0 Å². The Morgan fingerprint density at radius 3 is 2.59 bits per heavy atom. The van der Waals surface area contributed by atoms with Gasteiger partial charge in [-0.3, -0.25) is 9.59 Å². The molecule has 37 heavy (non-hydrogen) atoms. The first-order valence-electron chi connectivity index (χ1n) is 13.5. The molecule has 194 valence electrons. The molecule has 0 aliphatic heterocycles. The Hall–Kier alpha value is -3.59. The van der Waals surface area contributed by atoms with Crippen LogP contribution < -0.4 is 0 Å². The molecule has 0 saturated heterocycles. The molecule has 1 amide bonds. The third kappa shape index (κ3) is 6.05. The van der Waals surface area contributed by atoms with Gasteiger partial charge < -0.3 is 14.1 Å². The van der Waals surface area contributed by atoms with Crippen molar-refractivity contribution in [2.45, 2.75) is 71.8 Å². The zero-order chi connectivity index (χ0) is 26.3. The maximum absolute atomic E-state index is 13.4. The molecule has 4 rings (SSSR count). The minimum absolute atomic E-state index is 0.0759. The number of unbranched alkanes of at least 4 members (excludes halogenated alkanes) is 1. The van der Waals surface area contributed by atoms with Crippen molar-refractivity contribution in [2.75, 3.05) is 13.2 Å². The van der Waals surface area contributed by atoms with Crippen LogP contribution in [-0.4, -0.2) is 29.9 Å². The number of furan rings is 1. The fraction of sp³-hybridized carbons (Fsp3) is 0.452. The molecule has 0 spiro atoms. The van der Waals surface area contributed by atoms with Crippen molar-refractivity contribution in [1.29, 1.82) is 5.26 Å². The molecule has 1 heterocycles. The molecule has 0 bridgehead atoms. The quantitative estimate of drug-likeness (QED) is 0.280. The Morgan fingerprint density at radius 2 is 1.86 bits per heavy atom. The normalized spacial score (nSPS) is 14.7. The van der Waals surface area contributed by atoms with Gasteiger partial charge in [0.15, 0.2) is 0 Å². The average Bonchev–Trinajstić information content (AvgIpc) is 3.35. The number of carbonyl (C=O) groups is 2. The molecule has 0 radical (unpaired) electrons. The monoisotopic (exact) mass is 500 g/mol. The van der Waals surface area contributed by atoms with E-state index in [-0.39, 0.29) is 11.9 Å². The third-order valence-corrected chi connectivity index (χ3v) is 7.38. The lowest BCUT2D eigenvalue weighted by Crippen LogP contribution is -2.47. The van der Waals surface area contributed by atoms with Gasteiger partial charge in [0.25, 0.3) is 0 Å². The number of fused-ring (bicyclic) bond motifs is 1. The van der Waals surface area contributed by atoms with Gasteiger partial charge in [0.1, 0.15) is 11.3 Å². The highest BCUT2D eigenvalue weighted by Gasteiger charge is 2.43. The summed E-state index contributed by atoms with van der Waals surface area (Å²) in [4.78, 5) is 28.3. The zero-order valence-corrected chi connectivity index (χ0v) is 21.9. The second kappa shape index (κ2) is 12.1. The van der Waals surface area contributed by atoms with Crippen molar-refractivity contribution >= 4 is 22.8 Å². The molecule has 1 aliphatic carbocycles. The fourth-order valence-electron chi connectivity index (χ4n) is 5.36. The summed E-state index contributed by atoms with van der Waals surface area (Å²) in [5.74, 6) is 0.546. The number of amides is 1. The number of esters is 1. The summed E-state index contributed by atoms with van der Waals surface area (Å²) in [6.45, 7) is 5.07. The lowest BCUT2D eigenvalue weighted by molar-refractivity contribution is -0.160. The van der Waals surface area contributed by atoms with Crippen LogP contribution in [-0.2, 0) is 20.9 Å². The molecule has 1 fully saturated rings. The number of nitriles is 1. The van der Waals surface area contributed by atoms with Crippen LogP contribution >= 0.6 is 0 Å². The third-order valence-electron chi connectivity index (χ3n) is 7.38. The predicted octanol–water partition coefficient (Wildman–Crippen LogP) is 7.00. The standard InChI is InChI=1S/C31H36N2O4/c1-3-5-13-29(34)33(22-31(30(35)36-4-2)16-9-6-10-17-31)21-23-14-15-27-25(18-23)19-28(37-27)26-12-8-7-11-24(26)20-32/h7-8,11-12,14-15,18-19H,3-6,9-10,13,16-17,21-22H2,1-2H3. The topological polar surface area (TPSA) is 83.5 Å². The Balaban J connectivity index is 1.62. The van der Waals surface area contributed by atoms with E-state index in [4.69, 9.17) is 9.15 Å². The molecule has 1 aliphatic rings. The van der Waals surface area contributed by atoms with Gasteiger partial charge in [0.05, 0.1) is 23.7 Å². The lowest BCUT2D eigenvalue weighted by atomic mass is 9.73. The van der Waals surface area contributed by atoms with Crippen LogP contribution in [0.2, 0.25) is 0 Å². The highest BCUT2D eigenvalue weighted by atomic mass is 16.5. The molecular weight excluding hydrogens is 464 g/mol. The van der Waals surface area contributed by atoms with Crippen LogP contribution in [0, 0.1) is 16.7 Å². The molecule has 0 unspecified atom stereocenters. The summed E-state index contributed by atoms with van der Waals surface area (Å²) in [6, 6.07) is 17.5. The summed E-state index contributed by atoms with van der Waals surface area (Å²) in [5, 5.41) is 10.4. The molecule has 6 heteroatoms. The predicted molar refractivity (Wildman–Crippen MR) is 143 cm³/mol. The van der Waals surface area contributed by atoms with E-state index in [9.17, 15) is 14.9 Å². The van der Waals surface area contributed by atoms with Crippen molar-refractivity contribution < 1.29 is 18.7 Å². The van der Waals surface area contributed by atoms with Gasteiger partial charge in [-0.15, -0.1) is 0 Å². The van der Waals surface area contributed by atoms with Crippen molar-refractivity contribution in [3.05, 3.63) is 59.7 Å². The van der Waals surface area contributed by atoms with Gasteiger partial charge in [-0.2, -0.15) is 5.26 Å². The van der Waals surface area contributed by atoms with Crippen LogP contribution in [0.1, 0.15) is 76.3 Å². The van der Waals surface area contributed by atoms with Gasteiger partial charge in [0, 0.05) is 30.5 Å². The molecule has 6 nitrogen and oxygen atoms in total. The second-order valence-electron chi connectivity index (χ2n) is 10.1. The van der Waals surface area contributed by atoms with Gasteiger partial charge in [-0.25, -0.2) is 0 Å². The molecule has 3 aromatic rings. The maximum Gasteiger partial charge on any atom is 0.313 e. The van der Waals surface area contributed by atoms with Gasteiger partial charge >= 0.3 is 5.97 Å². The highest BCUT2D eigenvalue weighted by molar-refractivity contribution is 5.85. The molecule has 0 atom stereocenters. The first-order valence-corrected chi connectivity index (χ1v) is 13.5. The maximum atomic E-state index is 13.4. The average molecular weight is 501 g/mol. The summed E-state index contributed by atoms with van der Waals surface area (Å²) < 4.78 is 11.6. The van der Waals surface area contributed by atoms with Crippen LogP contribution in [0.15, 0.2) is 52.9 Å². The molecule has 1 aromatic heterocycles. The number of nitrogens with zero attached hydrogens (tertiary/aromatic N) is 2. The van der Waals surface area contributed by atoms with E-state index in [1.807, 2.05) is 54.3 Å². The fourth-order valence-corrected chi connectivity index (χ4v) is 5.36. The van der Waals surface area contributed by atoms with Crippen LogP contribution in [0.25, 0.3) is 22.3 Å². The van der Waals surface area contributed by atoms with Gasteiger partial charge in [0.2, 0.25) is 5.91 Å². The number of carbonyl (C=O) groups excluding carboxylic acids is 2. The van der Waals surface area contributed by atoms with E-state index in [0.717, 1.165) is 67.0 Å². The van der Waals surface area contributed by atoms with Crippen molar-refractivity contribution in [2.24, 2.45) is 5.41 Å².